The van der Waals surface area contributed by atoms with Gasteiger partial charge < -0.3 is 9.84 Å². The first-order chi connectivity index (χ1) is 7.35. The average Bonchev–Trinajstić information content (AvgIpc) is 2.14. The number of ether oxygens (including phenoxy) is 1. The number of rotatable bonds is 4. The Hall–Kier alpha value is -0.780. The summed E-state index contributed by atoms with van der Waals surface area (Å²) in [6.45, 7) is 0. The second kappa shape index (κ2) is 5.03. The van der Waals surface area contributed by atoms with E-state index in [1.54, 1.807) is 18.2 Å². The molecule has 1 aromatic rings. The Kier molecular flexibility index (Phi) is 4.18. The Morgan fingerprint density at radius 3 is 2.62 bits per heavy atom. The number of aliphatic hydroxyl groups is 1. The summed E-state index contributed by atoms with van der Waals surface area (Å²) >= 11 is 5.90. The molecule has 1 rings (SSSR count). The van der Waals surface area contributed by atoms with Crippen LogP contribution in [0.25, 0.3) is 0 Å². The van der Waals surface area contributed by atoms with Gasteiger partial charge >= 0.3 is 0 Å². The van der Waals surface area contributed by atoms with Gasteiger partial charge in [-0.2, -0.15) is 0 Å². The van der Waals surface area contributed by atoms with E-state index in [-0.39, 0.29) is 10.8 Å². The Labute approximate surface area is 99.7 Å². The summed E-state index contributed by atoms with van der Waals surface area (Å²) in [5, 5.41) is 10.1. The van der Waals surface area contributed by atoms with Crippen molar-refractivity contribution >= 4 is 21.4 Å². The predicted octanol–water partition coefficient (Wildman–Crippen LogP) is 1.43. The topological polar surface area (TPSA) is 63.6 Å². The summed E-state index contributed by atoms with van der Waals surface area (Å²) in [4.78, 5) is 0. The summed E-state index contributed by atoms with van der Waals surface area (Å²) in [5.41, 5.74) is 0.303. The van der Waals surface area contributed by atoms with Crippen molar-refractivity contribution in [3.8, 4) is 5.75 Å². The third kappa shape index (κ3) is 3.37. The first-order valence-electron chi connectivity index (χ1n) is 4.53. The summed E-state index contributed by atoms with van der Waals surface area (Å²) < 4.78 is 27.2. The van der Waals surface area contributed by atoms with Gasteiger partial charge in [-0.1, -0.05) is 17.7 Å². The number of methoxy groups -OCH3 is 1. The van der Waals surface area contributed by atoms with Gasteiger partial charge in [0.05, 0.1) is 24.0 Å². The molecule has 1 N–H and O–H groups in total. The van der Waals surface area contributed by atoms with Gasteiger partial charge in [0.1, 0.15) is 15.6 Å². The molecule has 0 saturated heterocycles. The van der Waals surface area contributed by atoms with Crippen LogP contribution < -0.4 is 4.74 Å². The molecule has 0 heterocycles. The van der Waals surface area contributed by atoms with Gasteiger partial charge in [-0.3, -0.25) is 0 Å². The van der Waals surface area contributed by atoms with Gasteiger partial charge in [0, 0.05) is 11.8 Å². The molecular weight excluding hydrogens is 252 g/mol. The van der Waals surface area contributed by atoms with E-state index in [4.69, 9.17) is 16.3 Å². The van der Waals surface area contributed by atoms with Gasteiger partial charge in [-0.05, 0) is 12.1 Å². The number of aliphatic hydroxyl groups excluding tert-OH is 1. The van der Waals surface area contributed by atoms with Crippen molar-refractivity contribution in [3.05, 3.63) is 28.8 Å². The van der Waals surface area contributed by atoms with Crippen molar-refractivity contribution < 1.29 is 18.3 Å². The summed E-state index contributed by atoms with van der Waals surface area (Å²) in [5.74, 6) is -0.00347. The largest absolute Gasteiger partial charge is 0.496 e. The molecule has 16 heavy (non-hydrogen) atoms. The molecule has 0 aromatic heterocycles. The monoisotopic (exact) mass is 264 g/mol. The maximum Gasteiger partial charge on any atom is 0.150 e. The molecule has 1 atom stereocenters. The summed E-state index contributed by atoms with van der Waals surface area (Å²) in [6, 6.07) is 4.86. The quantitative estimate of drug-likeness (QED) is 0.894. The molecule has 0 aliphatic heterocycles. The van der Waals surface area contributed by atoms with E-state index in [0.29, 0.717) is 11.3 Å². The lowest BCUT2D eigenvalue weighted by Gasteiger charge is -2.15. The first-order valence-corrected chi connectivity index (χ1v) is 6.97. The minimum absolute atomic E-state index is 0.288. The fraction of sp³-hybridized carbons (Fsp3) is 0.400. The molecule has 4 nitrogen and oxygen atoms in total. The first kappa shape index (κ1) is 13.3. The SMILES string of the molecule is COc1cccc(Cl)c1C(O)CS(C)(=O)=O. The number of halogens is 1. The van der Waals surface area contributed by atoms with Gasteiger partial charge in [0.2, 0.25) is 0 Å². The molecular formula is C10H13ClO4S. The lowest BCUT2D eigenvalue weighted by atomic mass is 10.1. The molecule has 0 amide bonds. The minimum atomic E-state index is -3.28. The predicted molar refractivity (Wildman–Crippen MR) is 62.7 cm³/mol. The molecule has 0 bridgehead atoms. The van der Waals surface area contributed by atoms with Gasteiger partial charge in [-0.15, -0.1) is 0 Å². The Morgan fingerprint density at radius 1 is 1.50 bits per heavy atom. The van der Waals surface area contributed by atoms with E-state index in [2.05, 4.69) is 0 Å². The zero-order chi connectivity index (χ0) is 12.3. The third-order valence-corrected chi connectivity index (χ3v) is 3.28. The number of benzene rings is 1. The highest BCUT2D eigenvalue weighted by Crippen LogP contribution is 2.32. The van der Waals surface area contributed by atoms with Crippen LogP contribution in [0.4, 0.5) is 0 Å². The maximum atomic E-state index is 11.1. The highest BCUT2D eigenvalue weighted by atomic mass is 35.5. The molecule has 6 heteroatoms. The summed E-state index contributed by atoms with van der Waals surface area (Å²) in [7, 11) is -1.84. The molecule has 0 aliphatic carbocycles. The maximum absolute atomic E-state index is 11.1. The molecule has 1 aromatic carbocycles. The highest BCUT2D eigenvalue weighted by molar-refractivity contribution is 7.90. The van der Waals surface area contributed by atoms with Crippen LogP contribution >= 0.6 is 11.6 Å². The molecule has 0 radical (unpaired) electrons. The van der Waals surface area contributed by atoms with Crippen LogP contribution in [0.1, 0.15) is 11.7 Å². The average molecular weight is 265 g/mol. The highest BCUT2D eigenvalue weighted by Gasteiger charge is 2.20. The lowest BCUT2D eigenvalue weighted by molar-refractivity contribution is 0.197. The van der Waals surface area contributed by atoms with Crippen LogP contribution in [-0.4, -0.2) is 32.6 Å². The van der Waals surface area contributed by atoms with Gasteiger partial charge in [0.25, 0.3) is 0 Å². The Morgan fingerprint density at radius 2 is 2.12 bits per heavy atom. The number of hydrogen-bond donors (Lipinski definition) is 1. The third-order valence-electron chi connectivity index (χ3n) is 2.03. The molecule has 0 spiro atoms. The second-order valence-electron chi connectivity index (χ2n) is 3.46. The standard InChI is InChI=1S/C10H13ClO4S/c1-15-9-5-3-4-7(11)10(9)8(12)6-16(2,13)14/h3-5,8,12H,6H2,1-2H3. The fourth-order valence-electron chi connectivity index (χ4n) is 1.39. The molecule has 0 fully saturated rings. The van der Waals surface area contributed by atoms with Crippen molar-refractivity contribution in [1.82, 2.24) is 0 Å². The van der Waals surface area contributed by atoms with Gasteiger partial charge in [0.15, 0.2) is 0 Å². The number of hydrogen-bond acceptors (Lipinski definition) is 4. The van der Waals surface area contributed by atoms with Gasteiger partial charge in [-0.25, -0.2) is 8.42 Å². The van der Waals surface area contributed by atoms with Crippen LogP contribution in [-0.2, 0) is 9.84 Å². The van der Waals surface area contributed by atoms with E-state index < -0.39 is 15.9 Å². The summed E-state index contributed by atoms with van der Waals surface area (Å²) in [6.07, 6.45) is -0.127. The van der Waals surface area contributed by atoms with Crippen LogP contribution in [0.15, 0.2) is 18.2 Å². The van der Waals surface area contributed by atoms with Crippen LogP contribution in [0.5, 0.6) is 5.75 Å². The van der Waals surface area contributed by atoms with E-state index >= 15 is 0 Å². The lowest BCUT2D eigenvalue weighted by Crippen LogP contribution is -2.14. The van der Waals surface area contributed by atoms with Crippen LogP contribution in [0.2, 0.25) is 5.02 Å². The van der Waals surface area contributed by atoms with Crippen molar-refractivity contribution in [3.63, 3.8) is 0 Å². The van der Waals surface area contributed by atoms with Crippen LogP contribution in [0.3, 0.4) is 0 Å². The van der Waals surface area contributed by atoms with E-state index in [9.17, 15) is 13.5 Å². The Balaban J connectivity index is 3.12. The van der Waals surface area contributed by atoms with Crippen molar-refractivity contribution in [2.24, 2.45) is 0 Å². The minimum Gasteiger partial charge on any atom is -0.496 e. The van der Waals surface area contributed by atoms with Crippen molar-refractivity contribution in [1.29, 1.82) is 0 Å². The molecule has 0 aliphatic rings. The van der Waals surface area contributed by atoms with E-state index in [1.807, 2.05) is 0 Å². The fourth-order valence-corrected chi connectivity index (χ4v) is 2.42. The smallest absolute Gasteiger partial charge is 0.150 e. The Bertz CT molecular complexity index is 470. The molecule has 0 saturated carbocycles. The zero-order valence-corrected chi connectivity index (χ0v) is 10.5. The van der Waals surface area contributed by atoms with E-state index in [1.165, 1.54) is 7.11 Å². The molecule has 90 valence electrons. The van der Waals surface area contributed by atoms with Crippen molar-refractivity contribution in [2.45, 2.75) is 6.10 Å². The zero-order valence-electron chi connectivity index (χ0n) is 8.97. The number of sulfone groups is 1. The van der Waals surface area contributed by atoms with E-state index in [0.717, 1.165) is 6.26 Å². The normalized spacial score (nSPS) is 13.5. The van der Waals surface area contributed by atoms with Crippen molar-refractivity contribution in [2.75, 3.05) is 19.1 Å². The second-order valence-corrected chi connectivity index (χ2v) is 6.06. The molecule has 1 unspecified atom stereocenters. The van der Waals surface area contributed by atoms with Crippen LogP contribution in [0, 0.1) is 0 Å².